The zero-order valence-corrected chi connectivity index (χ0v) is 43.5. The zero-order chi connectivity index (χ0) is 50.8. The number of ether oxygens (including phenoxy) is 1. The second kappa shape index (κ2) is 26.5. The van der Waals surface area contributed by atoms with Crippen LogP contribution in [-0.4, -0.2) is 86.4 Å². The molecule has 13 nitrogen and oxygen atoms in total. The highest BCUT2D eigenvalue weighted by Crippen LogP contribution is 2.61. The molecule has 0 aliphatic heterocycles. The van der Waals surface area contributed by atoms with Gasteiger partial charge in [0.2, 0.25) is 14.7 Å². The summed E-state index contributed by atoms with van der Waals surface area (Å²) < 4.78 is 59.5. The summed E-state index contributed by atoms with van der Waals surface area (Å²) in [5.41, 5.74) is 2.28. The largest absolute Gasteiger partial charge is 0.508 e. The van der Waals surface area contributed by atoms with Crippen LogP contribution in [0.4, 0.5) is 0 Å². The molecule has 0 radical (unpaired) electrons. The highest BCUT2D eigenvalue weighted by Gasteiger charge is 2.21. The smallest absolute Gasteiger partial charge is 0.339 e. The van der Waals surface area contributed by atoms with E-state index in [1.54, 1.807) is 111 Å². The Morgan fingerprint density at radius 1 is 0.448 bits per heavy atom. The maximum Gasteiger partial charge on any atom is 0.339 e. The number of carbonyl (C=O) groups is 3. The van der Waals surface area contributed by atoms with Gasteiger partial charge < -0.3 is 33.7 Å². The fourth-order valence-electron chi connectivity index (χ4n) is 5.09. The van der Waals surface area contributed by atoms with Crippen LogP contribution in [0, 0.1) is 0 Å². The van der Waals surface area contributed by atoms with E-state index in [0.717, 1.165) is 6.07 Å². The number of ketones is 3. The number of hydrogen-bond acceptors (Lipinski definition) is 13. The molecule has 0 amide bonds. The summed E-state index contributed by atoms with van der Waals surface area (Å²) in [5.74, 6) is -0.0913. The molecule has 0 aromatic heterocycles. The molecule has 6 aromatic carbocycles. The number of halogens is 3. The molecule has 3 N–H and O–H groups in total. The quantitative estimate of drug-likeness (QED) is 0.0816. The molecule has 6 aromatic rings. The molecule has 0 atom stereocenters. The minimum atomic E-state index is -3.22. The van der Waals surface area contributed by atoms with Gasteiger partial charge in [-0.05, 0) is 90.1 Å². The van der Waals surface area contributed by atoms with Crippen LogP contribution >= 0.6 is 60.8 Å². The zero-order valence-electron chi connectivity index (χ0n) is 37.7. The summed E-state index contributed by atoms with van der Waals surface area (Å²) in [6.45, 7) is 11.1. The van der Waals surface area contributed by atoms with Crippen LogP contribution in [0.2, 0.25) is 0 Å². The molecule has 0 saturated heterocycles. The molecular formula is C47H51Cl3O13P4. The van der Waals surface area contributed by atoms with E-state index in [-0.39, 0.29) is 57.0 Å². The third kappa shape index (κ3) is 24.0. The van der Waals surface area contributed by atoms with Crippen LogP contribution in [0.25, 0.3) is 0 Å². The second-order valence-corrected chi connectivity index (χ2v) is 31.1. The number of hydrogen-bond donors (Lipinski definition) is 3. The van der Waals surface area contributed by atoms with Crippen molar-refractivity contribution in [2.75, 3.05) is 53.8 Å². The van der Waals surface area contributed by atoms with Crippen molar-refractivity contribution in [2.45, 2.75) is 0 Å². The minimum Gasteiger partial charge on any atom is -0.508 e. The molecule has 0 bridgehead atoms. The van der Waals surface area contributed by atoms with Gasteiger partial charge >= 0.3 is 5.20 Å². The van der Waals surface area contributed by atoms with Crippen LogP contribution in [0.5, 0.6) is 34.5 Å². The van der Waals surface area contributed by atoms with E-state index in [1.807, 2.05) is 18.2 Å². The highest BCUT2D eigenvalue weighted by atomic mass is 36.0. The summed E-state index contributed by atoms with van der Waals surface area (Å²) in [5, 5.41) is 25.2. The molecule has 0 aliphatic rings. The summed E-state index contributed by atoms with van der Waals surface area (Å²) >= 11 is 13.8. The third-order valence-corrected chi connectivity index (χ3v) is 8.91. The first kappa shape index (κ1) is 58.0. The molecule has 20 heteroatoms. The van der Waals surface area contributed by atoms with E-state index >= 15 is 0 Å². The molecule has 67 heavy (non-hydrogen) atoms. The number of carbonyl (C=O) groups excluding carboxylic acids is 3. The number of phenols is 3. The van der Waals surface area contributed by atoms with Gasteiger partial charge in [0, 0.05) is 61.5 Å². The van der Waals surface area contributed by atoms with Gasteiger partial charge in [0.15, 0.2) is 17.3 Å². The average Bonchev–Trinajstić information content (AvgIpc) is 3.22. The fraction of sp³-hybridized carbons (Fsp3) is 0.170. The van der Waals surface area contributed by atoms with Crippen molar-refractivity contribution in [3.63, 3.8) is 0 Å². The number of methoxy groups -OCH3 is 1. The lowest BCUT2D eigenvalue weighted by atomic mass is 10.0. The van der Waals surface area contributed by atoms with Crippen LogP contribution in [0.3, 0.4) is 0 Å². The molecule has 0 heterocycles. The normalized spacial score (nSPS) is 10.9. The van der Waals surface area contributed by atoms with Crippen molar-refractivity contribution in [3.8, 4) is 34.5 Å². The highest BCUT2D eigenvalue weighted by molar-refractivity contribution is 8.24. The number of phenolic OH excluding ortho intramolecular Hbond substituents is 3. The monoisotopic (exact) mass is 1050 g/mol. The molecule has 358 valence electrons. The van der Waals surface area contributed by atoms with Crippen LogP contribution < -0.4 is 13.8 Å². The second-order valence-electron chi connectivity index (χ2n) is 15.3. The van der Waals surface area contributed by atoms with Gasteiger partial charge in [-0.1, -0.05) is 91.0 Å². The van der Waals surface area contributed by atoms with Crippen molar-refractivity contribution in [1.82, 2.24) is 0 Å². The predicted molar refractivity (Wildman–Crippen MR) is 271 cm³/mol. The van der Waals surface area contributed by atoms with Crippen LogP contribution in [0.15, 0.2) is 146 Å². The Hall–Kier alpha value is -5.08. The number of aromatic hydroxyl groups is 3. The fourth-order valence-corrected chi connectivity index (χ4v) is 6.34. The first-order chi connectivity index (χ1) is 31.0. The Labute approximate surface area is 405 Å². The summed E-state index contributed by atoms with van der Waals surface area (Å²) in [7, 11) is -5.79. The van der Waals surface area contributed by atoms with Crippen molar-refractivity contribution >= 4 is 78.2 Å². The van der Waals surface area contributed by atoms with Gasteiger partial charge in [-0.3, -0.25) is 28.1 Å². The topological polar surface area (TPSA) is 208 Å². The van der Waals surface area contributed by atoms with E-state index in [4.69, 9.17) is 18.9 Å². The Morgan fingerprint density at radius 3 is 1.12 bits per heavy atom. The van der Waals surface area contributed by atoms with Crippen LogP contribution in [0.1, 0.15) is 47.8 Å². The Bertz CT molecular complexity index is 2750. The lowest BCUT2D eigenvalue weighted by Crippen LogP contribution is -2.05. The third-order valence-electron chi connectivity index (χ3n) is 7.62. The van der Waals surface area contributed by atoms with E-state index < -0.39 is 27.1 Å². The Balaban J connectivity index is 0.000000318. The summed E-state index contributed by atoms with van der Waals surface area (Å²) in [6, 6.07) is 39.3. The van der Waals surface area contributed by atoms with Gasteiger partial charge in [-0.25, -0.2) is 0 Å². The van der Waals surface area contributed by atoms with E-state index in [0.29, 0.717) is 28.2 Å². The first-order valence-electron chi connectivity index (χ1n) is 19.5. The molecular weight excluding hydrogens is 1000 g/mol. The molecule has 0 unspecified atom stereocenters. The van der Waals surface area contributed by atoms with E-state index in [1.165, 1.54) is 64.1 Å². The van der Waals surface area contributed by atoms with Gasteiger partial charge in [0.1, 0.15) is 34.5 Å². The Kier molecular flexibility index (Phi) is 22.9. The minimum absolute atomic E-state index is 0.0675. The standard InChI is InChI=1S/C17H20O5P2.C14H12O3.C13H10O3.C3H9OP.Cl3OP/c1-23(2,19)21-14-10-11-15(16(12-14)22-24(3,4)20)17(18)13-8-6-5-7-9-13;1-17-11-7-8-12(13(15)9-11)14(16)10-5-3-2-4-6-10;14-10-6-7-11(12(15)8-10)13(16)9-4-2-1-3-5-9;2*1-5(2,3)4/h5-12H,1-4H3;2-9,15H,1H3;1-8,14-15H;1-3H3;. The van der Waals surface area contributed by atoms with Gasteiger partial charge in [0.05, 0.1) is 30.9 Å². The molecule has 0 fully saturated rings. The van der Waals surface area contributed by atoms with Crippen LogP contribution in [-0.2, 0) is 18.3 Å². The lowest BCUT2D eigenvalue weighted by molar-refractivity contribution is 0.102. The van der Waals surface area contributed by atoms with E-state index in [9.17, 15) is 42.9 Å². The number of benzene rings is 6. The van der Waals surface area contributed by atoms with E-state index in [2.05, 4.69) is 33.7 Å². The van der Waals surface area contributed by atoms with Crippen molar-refractivity contribution in [2.24, 2.45) is 0 Å². The first-order valence-corrected chi connectivity index (χ1v) is 32.0. The SMILES string of the molecule is COc1ccc(C(=O)c2ccccc2)c(O)c1.CP(C)(=O)Oc1ccc(C(=O)c2ccccc2)c(OP(C)(C)=O)c1.CP(C)(C)=O.O=C(c1ccccc1)c1ccc(O)cc1O.O=P(Cl)(Cl)Cl. The maximum atomic E-state index is 12.7. The summed E-state index contributed by atoms with van der Waals surface area (Å²) in [4.78, 5) is 36.7. The lowest BCUT2D eigenvalue weighted by Gasteiger charge is -2.16. The van der Waals surface area contributed by atoms with Gasteiger partial charge in [-0.15, -0.1) is 0 Å². The van der Waals surface area contributed by atoms with Gasteiger partial charge in [0.25, 0.3) is 0 Å². The molecule has 0 saturated carbocycles. The maximum absolute atomic E-state index is 12.7. The summed E-state index contributed by atoms with van der Waals surface area (Å²) in [6.07, 6.45) is 0. The van der Waals surface area contributed by atoms with Crippen molar-refractivity contribution < 1.29 is 61.7 Å². The molecule has 0 spiro atoms. The average molecular weight is 1050 g/mol. The van der Waals surface area contributed by atoms with Crippen molar-refractivity contribution in [3.05, 3.63) is 179 Å². The number of rotatable bonds is 11. The predicted octanol–water partition coefficient (Wildman–Crippen LogP) is 13.8. The van der Waals surface area contributed by atoms with Crippen molar-refractivity contribution in [1.29, 1.82) is 0 Å². The van der Waals surface area contributed by atoms with Gasteiger partial charge in [-0.2, -0.15) is 0 Å². The molecule has 6 rings (SSSR count). The molecule has 0 aliphatic carbocycles. The Morgan fingerprint density at radius 2 is 0.776 bits per heavy atom.